The number of hydrogen-bond acceptors (Lipinski definition) is 3. The smallest absolute Gasteiger partial charge is 0.238 e. The second kappa shape index (κ2) is 8.84. The van der Waals surface area contributed by atoms with Gasteiger partial charge < -0.3 is 5.32 Å². The van der Waals surface area contributed by atoms with E-state index in [-0.39, 0.29) is 5.91 Å². The van der Waals surface area contributed by atoms with Crippen LogP contribution in [0.15, 0.2) is 48.5 Å². The molecule has 5 heteroatoms. The van der Waals surface area contributed by atoms with Gasteiger partial charge in [0.25, 0.3) is 0 Å². The van der Waals surface area contributed by atoms with Gasteiger partial charge in [0.05, 0.1) is 17.8 Å². The molecule has 134 valence electrons. The summed E-state index contributed by atoms with van der Waals surface area (Å²) >= 11 is 5.96. The lowest BCUT2D eigenvalue weighted by molar-refractivity contribution is -0.117. The quantitative estimate of drug-likeness (QED) is 0.865. The van der Waals surface area contributed by atoms with Crippen molar-refractivity contribution in [2.45, 2.75) is 19.3 Å². The predicted octanol–water partition coefficient (Wildman–Crippen LogP) is 4.10. The third-order valence-corrected chi connectivity index (χ3v) is 5.05. The highest BCUT2D eigenvalue weighted by molar-refractivity contribution is 6.31. The van der Waals surface area contributed by atoms with Crippen molar-refractivity contribution < 1.29 is 4.79 Å². The van der Waals surface area contributed by atoms with Gasteiger partial charge in [-0.1, -0.05) is 41.9 Å². The van der Waals surface area contributed by atoms with Gasteiger partial charge in [0.1, 0.15) is 6.07 Å². The van der Waals surface area contributed by atoms with Gasteiger partial charge in [-0.2, -0.15) is 5.26 Å². The van der Waals surface area contributed by atoms with Crippen molar-refractivity contribution in [1.82, 2.24) is 4.90 Å². The molecule has 1 fully saturated rings. The van der Waals surface area contributed by atoms with E-state index >= 15 is 0 Å². The van der Waals surface area contributed by atoms with Crippen LogP contribution in [0.2, 0.25) is 5.02 Å². The Morgan fingerprint density at radius 2 is 1.92 bits per heavy atom. The fourth-order valence-electron chi connectivity index (χ4n) is 3.41. The molecule has 1 aliphatic rings. The molecule has 2 aromatic carbocycles. The van der Waals surface area contributed by atoms with Gasteiger partial charge in [-0.15, -0.1) is 0 Å². The minimum Gasteiger partial charge on any atom is -0.324 e. The summed E-state index contributed by atoms with van der Waals surface area (Å²) in [6.45, 7) is 2.19. The van der Waals surface area contributed by atoms with Gasteiger partial charge in [0, 0.05) is 5.02 Å². The van der Waals surface area contributed by atoms with Gasteiger partial charge in [-0.3, -0.25) is 9.69 Å². The normalized spacial score (nSPS) is 15.4. The van der Waals surface area contributed by atoms with E-state index in [2.05, 4.69) is 40.6 Å². The maximum Gasteiger partial charge on any atom is 0.238 e. The van der Waals surface area contributed by atoms with Crippen LogP contribution in [0.5, 0.6) is 0 Å². The highest BCUT2D eigenvalue weighted by atomic mass is 35.5. The molecule has 0 aromatic heterocycles. The molecule has 0 aliphatic carbocycles. The maximum atomic E-state index is 12.3. The third-order valence-electron chi connectivity index (χ3n) is 4.82. The lowest BCUT2D eigenvalue weighted by Crippen LogP contribution is -2.39. The van der Waals surface area contributed by atoms with Crippen LogP contribution in [0.25, 0.3) is 0 Å². The van der Waals surface area contributed by atoms with Crippen LogP contribution in [0.1, 0.15) is 24.0 Å². The molecule has 1 aliphatic heterocycles. The number of piperidine rings is 1. The van der Waals surface area contributed by atoms with Crippen LogP contribution >= 0.6 is 11.6 Å². The van der Waals surface area contributed by atoms with E-state index in [9.17, 15) is 4.79 Å². The zero-order valence-corrected chi connectivity index (χ0v) is 15.4. The van der Waals surface area contributed by atoms with E-state index < -0.39 is 0 Å². The summed E-state index contributed by atoms with van der Waals surface area (Å²) in [6.07, 6.45) is 3.31. The highest BCUT2D eigenvalue weighted by Gasteiger charge is 2.21. The van der Waals surface area contributed by atoms with Crippen LogP contribution in [0.3, 0.4) is 0 Å². The first kappa shape index (κ1) is 18.4. The molecular weight excluding hydrogens is 346 g/mol. The first-order valence-corrected chi connectivity index (χ1v) is 9.27. The van der Waals surface area contributed by atoms with Gasteiger partial charge in [-0.25, -0.2) is 0 Å². The summed E-state index contributed by atoms with van der Waals surface area (Å²) in [5.41, 5.74) is 2.28. The number of rotatable bonds is 5. The van der Waals surface area contributed by atoms with Crippen molar-refractivity contribution in [3.8, 4) is 6.07 Å². The first-order valence-electron chi connectivity index (χ1n) is 8.90. The van der Waals surface area contributed by atoms with Crippen LogP contribution in [-0.2, 0) is 11.2 Å². The molecule has 1 amide bonds. The van der Waals surface area contributed by atoms with E-state index in [4.69, 9.17) is 16.9 Å². The summed E-state index contributed by atoms with van der Waals surface area (Å²) in [6, 6.07) is 17.5. The minimum absolute atomic E-state index is 0.106. The fourth-order valence-corrected chi connectivity index (χ4v) is 3.58. The lowest BCUT2D eigenvalue weighted by atomic mass is 9.90. The highest BCUT2D eigenvalue weighted by Crippen LogP contribution is 2.23. The number of anilines is 1. The van der Waals surface area contributed by atoms with Crippen molar-refractivity contribution in [1.29, 1.82) is 5.26 Å². The number of likely N-dealkylation sites (tertiary alicyclic amines) is 1. The number of carbonyl (C=O) groups is 1. The molecule has 1 saturated heterocycles. The Bertz CT molecular complexity index is 793. The number of hydrogen-bond donors (Lipinski definition) is 1. The minimum atomic E-state index is -0.106. The number of nitrogens with one attached hydrogen (secondary N) is 1. The second-order valence-electron chi connectivity index (χ2n) is 6.76. The van der Waals surface area contributed by atoms with Crippen molar-refractivity contribution >= 4 is 23.2 Å². The molecule has 3 rings (SSSR count). The average Bonchev–Trinajstić information content (AvgIpc) is 2.64. The molecule has 0 radical (unpaired) electrons. The third kappa shape index (κ3) is 5.08. The number of halogens is 1. The SMILES string of the molecule is N#Cc1ccc(Cl)cc1NC(=O)CN1CCC(Cc2ccccc2)CC1. The Labute approximate surface area is 159 Å². The van der Waals surface area contributed by atoms with Crippen LogP contribution in [0.4, 0.5) is 5.69 Å². The molecule has 2 aromatic rings. The standard InChI is InChI=1S/C21H22ClN3O/c22-19-7-6-18(14-23)20(13-19)24-21(26)15-25-10-8-17(9-11-25)12-16-4-2-1-3-5-16/h1-7,13,17H,8-12,15H2,(H,24,26). The lowest BCUT2D eigenvalue weighted by Gasteiger charge is -2.31. The van der Waals surface area contributed by atoms with E-state index in [0.29, 0.717) is 28.7 Å². The average molecular weight is 368 g/mol. The molecule has 0 spiro atoms. The van der Waals surface area contributed by atoms with Crippen molar-refractivity contribution in [3.05, 3.63) is 64.7 Å². The zero-order valence-electron chi connectivity index (χ0n) is 14.6. The molecule has 0 saturated carbocycles. The first-order chi connectivity index (χ1) is 12.6. The van der Waals surface area contributed by atoms with Crippen LogP contribution < -0.4 is 5.32 Å². The Morgan fingerprint density at radius 3 is 2.62 bits per heavy atom. The fraction of sp³-hybridized carbons (Fsp3) is 0.333. The Morgan fingerprint density at radius 1 is 1.19 bits per heavy atom. The number of carbonyl (C=O) groups excluding carboxylic acids is 1. The summed E-state index contributed by atoms with van der Waals surface area (Å²) in [7, 11) is 0. The number of amides is 1. The Hall–Kier alpha value is -2.35. The predicted molar refractivity (Wildman–Crippen MR) is 104 cm³/mol. The maximum absolute atomic E-state index is 12.3. The van der Waals surface area contributed by atoms with E-state index in [0.717, 1.165) is 32.4 Å². The number of nitriles is 1. The molecule has 1 N–H and O–H groups in total. The zero-order chi connectivity index (χ0) is 18.4. The molecule has 0 bridgehead atoms. The van der Waals surface area contributed by atoms with Gasteiger partial charge in [-0.05, 0) is 62.0 Å². The molecule has 26 heavy (non-hydrogen) atoms. The van der Waals surface area contributed by atoms with Crippen LogP contribution in [-0.4, -0.2) is 30.4 Å². The van der Waals surface area contributed by atoms with Gasteiger partial charge >= 0.3 is 0 Å². The van der Waals surface area contributed by atoms with E-state index in [1.165, 1.54) is 5.56 Å². The largest absolute Gasteiger partial charge is 0.324 e. The summed E-state index contributed by atoms with van der Waals surface area (Å²) in [5, 5.41) is 12.5. The van der Waals surface area contributed by atoms with Gasteiger partial charge in [0.2, 0.25) is 5.91 Å². The Balaban J connectivity index is 1.48. The summed E-state index contributed by atoms with van der Waals surface area (Å²) < 4.78 is 0. The van der Waals surface area contributed by atoms with E-state index in [1.807, 2.05) is 6.07 Å². The number of nitrogens with zero attached hydrogens (tertiary/aromatic N) is 2. The van der Waals surface area contributed by atoms with E-state index in [1.54, 1.807) is 18.2 Å². The topological polar surface area (TPSA) is 56.1 Å². The van der Waals surface area contributed by atoms with Crippen LogP contribution in [0, 0.1) is 17.2 Å². The number of benzene rings is 2. The summed E-state index contributed by atoms with van der Waals surface area (Å²) in [4.78, 5) is 14.5. The van der Waals surface area contributed by atoms with Crippen molar-refractivity contribution in [2.24, 2.45) is 5.92 Å². The summed E-state index contributed by atoms with van der Waals surface area (Å²) in [5.74, 6) is 0.570. The molecule has 4 nitrogen and oxygen atoms in total. The molecule has 0 atom stereocenters. The van der Waals surface area contributed by atoms with Crippen molar-refractivity contribution in [3.63, 3.8) is 0 Å². The molecule has 1 heterocycles. The van der Waals surface area contributed by atoms with Crippen molar-refractivity contribution in [2.75, 3.05) is 25.0 Å². The van der Waals surface area contributed by atoms with Gasteiger partial charge in [0.15, 0.2) is 0 Å². The second-order valence-corrected chi connectivity index (χ2v) is 7.20. The molecule has 0 unspecified atom stereocenters. The Kier molecular flexibility index (Phi) is 6.27. The molecular formula is C21H22ClN3O. The monoisotopic (exact) mass is 367 g/mol.